The van der Waals surface area contributed by atoms with Crippen molar-refractivity contribution in [1.29, 1.82) is 0 Å². The standard InChI is InChI=1S/C21H29ClO7/c1-12(9-19(25)26)8-17(24)21-18-10-15(28-21)7-6-14(22)5-3-4-13(2)16(23)11-20(27)29-18/h4-5,8,15-18,21,23-24H,3,6-7,9-11H2,1-2H3,(H,25,26)/t15?,16-,17+,18?,21-/m0/s1. The second kappa shape index (κ2) is 10.9. The third kappa shape index (κ3) is 7.59. The van der Waals surface area contributed by atoms with Crippen LogP contribution in [0.2, 0.25) is 0 Å². The summed E-state index contributed by atoms with van der Waals surface area (Å²) in [5.41, 5.74) is 1.14. The van der Waals surface area contributed by atoms with E-state index in [4.69, 9.17) is 26.2 Å². The van der Waals surface area contributed by atoms with Gasteiger partial charge in [-0.15, -0.1) is 0 Å². The summed E-state index contributed by atoms with van der Waals surface area (Å²) in [4.78, 5) is 23.2. The smallest absolute Gasteiger partial charge is 0.309 e. The average Bonchev–Trinajstić information content (AvgIpc) is 3.00. The van der Waals surface area contributed by atoms with Crippen LogP contribution in [0.4, 0.5) is 0 Å². The van der Waals surface area contributed by atoms with E-state index in [0.717, 1.165) is 0 Å². The Morgan fingerprint density at radius 2 is 2.14 bits per heavy atom. The van der Waals surface area contributed by atoms with Crippen molar-refractivity contribution >= 4 is 23.5 Å². The molecule has 29 heavy (non-hydrogen) atoms. The molecule has 3 N–H and O–H groups in total. The number of rotatable bonds is 4. The molecule has 0 saturated carbocycles. The molecule has 2 rings (SSSR count). The summed E-state index contributed by atoms with van der Waals surface area (Å²) in [6.07, 6.45) is 3.00. The van der Waals surface area contributed by atoms with Crippen LogP contribution in [0, 0.1) is 0 Å². The summed E-state index contributed by atoms with van der Waals surface area (Å²) >= 11 is 6.26. The number of carbonyl (C=O) groups excluding carboxylic acids is 1. The zero-order chi connectivity index (χ0) is 21.6. The Balaban J connectivity index is 2.19. The molecule has 5 atom stereocenters. The van der Waals surface area contributed by atoms with Crippen LogP contribution in [0.25, 0.3) is 0 Å². The lowest BCUT2D eigenvalue weighted by Gasteiger charge is -2.23. The van der Waals surface area contributed by atoms with Crippen LogP contribution in [-0.4, -0.2) is 57.8 Å². The highest BCUT2D eigenvalue weighted by Gasteiger charge is 2.41. The molecule has 2 aliphatic heterocycles. The summed E-state index contributed by atoms with van der Waals surface area (Å²) in [5.74, 6) is -1.57. The van der Waals surface area contributed by atoms with Crippen LogP contribution in [0.1, 0.15) is 52.4 Å². The summed E-state index contributed by atoms with van der Waals surface area (Å²) < 4.78 is 11.5. The van der Waals surface area contributed by atoms with Gasteiger partial charge in [0, 0.05) is 11.5 Å². The van der Waals surface area contributed by atoms with Crippen LogP contribution < -0.4 is 0 Å². The minimum absolute atomic E-state index is 0.197. The molecule has 7 nitrogen and oxygen atoms in total. The van der Waals surface area contributed by atoms with E-state index in [9.17, 15) is 19.8 Å². The molecule has 2 unspecified atom stereocenters. The molecule has 1 saturated heterocycles. The molecule has 2 aliphatic rings. The SMILES string of the molecule is CC(=C[C@@H](O)[C@@H]1OC2CCC(Cl)=CCC=C(C)[C@@H](O)CC(=O)OC1C2)CC(=O)O. The first-order chi connectivity index (χ1) is 13.7. The number of ether oxygens (including phenoxy) is 2. The van der Waals surface area contributed by atoms with Gasteiger partial charge < -0.3 is 24.8 Å². The van der Waals surface area contributed by atoms with E-state index < -0.39 is 36.4 Å². The first-order valence-electron chi connectivity index (χ1n) is 9.77. The quantitative estimate of drug-likeness (QED) is 0.466. The summed E-state index contributed by atoms with van der Waals surface area (Å²) in [5, 5.41) is 30.3. The predicted molar refractivity (Wildman–Crippen MR) is 107 cm³/mol. The molecule has 1 fully saturated rings. The zero-order valence-electron chi connectivity index (χ0n) is 16.7. The fourth-order valence-corrected chi connectivity index (χ4v) is 3.69. The topological polar surface area (TPSA) is 113 Å². The first kappa shape index (κ1) is 23.6. The second-order valence-corrected chi connectivity index (χ2v) is 8.14. The zero-order valence-corrected chi connectivity index (χ0v) is 17.5. The molecule has 8 heteroatoms. The Morgan fingerprint density at radius 1 is 1.41 bits per heavy atom. The van der Waals surface area contributed by atoms with E-state index in [-0.39, 0.29) is 18.9 Å². The molecule has 0 aromatic carbocycles. The molecule has 0 radical (unpaired) electrons. The van der Waals surface area contributed by atoms with Crippen molar-refractivity contribution in [2.75, 3.05) is 0 Å². The second-order valence-electron chi connectivity index (χ2n) is 7.65. The van der Waals surface area contributed by atoms with E-state index in [1.165, 1.54) is 6.08 Å². The highest BCUT2D eigenvalue weighted by Crippen LogP contribution is 2.31. The van der Waals surface area contributed by atoms with Gasteiger partial charge in [0.25, 0.3) is 0 Å². The third-order valence-corrected chi connectivity index (χ3v) is 5.43. The molecular formula is C21H29ClO7. The summed E-state index contributed by atoms with van der Waals surface area (Å²) in [6, 6.07) is 0. The minimum atomic E-state index is -1.12. The van der Waals surface area contributed by atoms with Gasteiger partial charge in [-0.1, -0.05) is 35.4 Å². The van der Waals surface area contributed by atoms with Crippen molar-refractivity contribution in [1.82, 2.24) is 0 Å². The molecule has 0 aromatic rings. The molecule has 162 valence electrons. The molecule has 0 aliphatic carbocycles. The molecule has 0 aromatic heterocycles. The van der Waals surface area contributed by atoms with Crippen molar-refractivity contribution in [2.45, 2.75) is 82.9 Å². The van der Waals surface area contributed by atoms with Crippen molar-refractivity contribution in [3.8, 4) is 0 Å². The summed E-state index contributed by atoms with van der Waals surface area (Å²) in [6.45, 7) is 3.35. The fraction of sp³-hybridized carbons (Fsp3) is 0.619. The Bertz CT molecular complexity index is 697. The minimum Gasteiger partial charge on any atom is -0.481 e. The molecular weight excluding hydrogens is 400 g/mol. The van der Waals surface area contributed by atoms with E-state index in [1.807, 2.05) is 12.2 Å². The number of hydrogen-bond acceptors (Lipinski definition) is 6. The van der Waals surface area contributed by atoms with Crippen LogP contribution in [0.5, 0.6) is 0 Å². The van der Waals surface area contributed by atoms with Gasteiger partial charge >= 0.3 is 11.9 Å². The number of carboxylic acid groups (broad SMARTS) is 1. The monoisotopic (exact) mass is 428 g/mol. The number of hydrogen-bond donors (Lipinski definition) is 3. The number of carboxylic acids is 1. The maximum Gasteiger partial charge on any atom is 0.309 e. The van der Waals surface area contributed by atoms with Gasteiger partial charge in [0.2, 0.25) is 0 Å². The van der Waals surface area contributed by atoms with Crippen molar-refractivity contribution in [3.05, 3.63) is 34.4 Å². The Kier molecular flexibility index (Phi) is 8.89. The van der Waals surface area contributed by atoms with Gasteiger partial charge in [-0.05, 0) is 38.7 Å². The lowest BCUT2D eigenvalue weighted by molar-refractivity contribution is -0.156. The van der Waals surface area contributed by atoms with Crippen LogP contribution >= 0.6 is 11.6 Å². The van der Waals surface area contributed by atoms with Gasteiger partial charge in [0.15, 0.2) is 0 Å². The maximum absolute atomic E-state index is 12.3. The van der Waals surface area contributed by atoms with Crippen molar-refractivity contribution in [3.63, 3.8) is 0 Å². The Labute approximate surface area is 175 Å². The highest BCUT2D eigenvalue weighted by atomic mass is 35.5. The normalized spacial score (nSPS) is 30.7. The van der Waals surface area contributed by atoms with Crippen molar-refractivity contribution < 1.29 is 34.4 Å². The largest absolute Gasteiger partial charge is 0.481 e. The number of aliphatic carboxylic acids is 1. The third-order valence-electron chi connectivity index (χ3n) is 5.09. The van der Waals surface area contributed by atoms with Crippen LogP contribution in [0.3, 0.4) is 0 Å². The van der Waals surface area contributed by atoms with Crippen molar-refractivity contribution in [2.24, 2.45) is 0 Å². The van der Waals surface area contributed by atoms with Gasteiger partial charge in [-0.25, -0.2) is 0 Å². The lowest BCUT2D eigenvalue weighted by atomic mass is 10.0. The first-order valence-corrected chi connectivity index (χ1v) is 10.1. The van der Waals surface area contributed by atoms with E-state index in [1.54, 1.807) is 13.8 Å². The average molecular weight is 429 g/mol. The van der Waals surface area contributed by atoms with Gasteiger partial charge in [0.05, 0.1) is 25.0 Å². The maximum atomic E-state index is 12.3. The van der Waals surface area contributed by atoms with E-state index in [2.05, 4.69) is 0 Å². The number of aliphatic hydroxyl groups is 2. The van der Waals surface area contributed by atoms with Crippen LogP contribution in [0.15, 0.2) is 34.4 Å². The molecule has 2 heterocycles. The molecule has 0 amide bonds. The fourth-order valence-electron chi connectivity index (χ4n) is 3.49. The number of fused-ring (bicyclic) bond motifs is 2. The van der Waals surface area contributed by atoms with E-state index >= 15 is 0 Å². The molecule has 0 spiro atoms. The number of allylic oxidation sites excluding steroid dienone is 3. The van der Waals surface area contributed by atoms with E-state index in [0.29, 0.717) is 41.9 Å². The number of esters is 1. The lowest BCUT2D eigenvalue weighted by Crippen LogP contribution is -2.37. The van der Waals surface area contributed by atoms with Crippen LogP contribution in [-0.2, 0) is 19.1 Å². The predicted octanol–water partition coefficient (Wildman–Crippen LogP) is 2.84. The van der Waals surface area contributed by atoms with Gasteiger partial charge in [0.1, 0.15) is 18.3 Å². The number of carbonyl (C=O) groups is 2. The van der Waals surface area contributed by atoms with Gasteiger partial charge in [-0.3, -0.25) is 9.59 Å². The molecule has 2 bridgehead atoms. The Hall–Kier alpha value is -1.67. The number of halogens is 1. The highest BCUT2D eigenvalue weighted by molar-refractivity contribution is 6.29. The van der Waals surface area contributed by atoms with Gasteiger partial charge in [-0.2, -0.15) is 0 Å². The Morgan fingerprint density at radius 3 is 2.83 bits per heavy atom. The number of aliphatic hydroxyl groups excluding tert-OH is 2. The summed E-state index contributed by atoms with van der Waals surface area (Å²) in [7, 11) is 0.